The van der Waals surface area contributed by atoms with Gasteiger partial charge in [0.25, 0.3) is 0 Å². The van der Waals surface area contributed by atoms with Crippen LogP contribution in [0.4, 0.5) is 0 Å². The van der Waals surface area contributed by atoms with Gasteiger partial charge in [0.15, 0.2) is 24.6 Å². The van der Waals surface area contributed by atoms with Crippen molar-refractivity contribution in [3.63, 3.8) is 0 Å². The highest BCUT2D eigenvalue weighted by molar-refractivity contribution is 5.74. The van der Waals surface area contributed by atoms with E-state index >= 15 is 0 Å². The molecule has 6 unspecified atom stereocenters. The normalized spacial score (nSPS) is 18.1. The van der Waals surface area contributed by atoms with Gasteiger partial charge in [-0.2, -0.15) is 0 Å². The van der Waals surface area contributed by atoms with E-state index in [4.69, 9.17) is 23.7 Å². The SMILES string of the molecule is CC/C=C\C/C=C\C/C=C\C/C=C\CCCCCCC(=O)OCC(COC1OC(C(=O)O)C(O)C(O)C1OC(=O)CCCCCCCCCCC/C=C\C/C=C\CCCCC)OC(=O)CCCCCCCCC/C=C\CCCCCCCC. The molecule has 0 saturated carbocycles. The number of ether oxygens (including phenoxy) is 5. The molecule has 1 heterocycles. The Morgan fingerprint density at radius 2 is 0.759 bits per heavy atom. The van der Waals surface area contributed by atoms with Gasteiger partial charge in [0.2, 0.25) is 0 Å². The molecule has 1 aliphatic rings. The van der Waals surface area contributed by atoms with Crippen LogP contribution in [0.3, 0.4) is 0 Å². The Labute approximate surface area is 505 Å². The summed E-state index contributed by atoms with van der Waals surface area (Å²) in [5.74, 6) is -3.15. The van der Waals surface area contributed by atoms with Gasteiger partial charge in [-0.1, -0.05) is 241 Å². The van der Waals surface area contributed by atoms with Crippen molar-refractivity contribution >= 4 is 23.9 Å². The first kappa shape index (κ1) is 76.9. The minimum atomic E-state index is -1.91. The van der Waals surface area contributed by atoms with Crippen LogP contribution in [0.15, 0.2) is 85.1 Å². The van der Waals surface area contributed by atoms with Crippen molar-refractivity contribution in [2.45, 2.75) is 327 Å². The van der Waals surface area contributed by atoms with Crippen molar-refractivity contribution in [2.24, 2.45) is 0 Å². The lowest BCUT2D eigenvalue weighted by Gasteiger charge is -2.40. The zero-order valence-corrected chi connectivity index (χ0v) is 52.7. The van der Waals surface area contributed by atoms with Crippen molar-refractivity contribution in [1.82, 2.24) is 0 Å². The Morgan fingerprint density at radius 1 is 0.410 bits per heavy atom. The van der Waals surface area contributed by atoms with Gasteiger partial charge < -0.3 is 39.0 Å². The van der Waals surface area contributed by atoms with Crippen molar-refractivity contribution in [3.8, 4) is 0 Å². The number of carboxylic acids is 1. The average Bonchev–Trinajstić information content (AvgIpc) is 3.58. The zero-order chi connectivity index (χ0) is 60.3. The van der Waals surface area contributed by atoms with E-state index in [1.165, 1.54) is 109 Å². The molecule has 0 aromatic carbocycles. The third-order valence-corrected chi connectivity index (χ3v) is 14.9. The average molecular weight is 1170 g/mol. The number of allylic oxidation sites excluding steroid dienone is 14. The summed E-state index contributed by atoms with van der Waals surface area (Å²) in [5, 5.41) is 31.6. The molecule has 1 aliphatic heterocycles. The predicted molar refractivity (Wildman–Crippen MR) is 340 cm³/mol. The second-order valence-corrected chi connectivity index (χ2v) is 22.7. The molecule has 3 N–H and O–H groups in total. The number of unbranched alkanes of at least 4 members (excludes halogenated alkanes) is 29. The summed E-state index contributed by atoms with van der Waals surface area (Å²) in [7, 11) is 0. The number of rotatable bonds is 57. The van der Waals surface area contributed by atoms with E-state index in [0.29, 0.717) is 19.3 Å². The molecule has 12 heteroatoms. The second kappa shape index (κ2) is 58.3. The van der Waals surface area contributed by atoms with Gasteiger partial charge in [-0.3, -0.25) is 14.4 Å². The van der Waals surface area contributed by atoms with E-state index in [0.717, 1.165) is 122 Å². The topological polar surface area (TPSA) is 175 Å². The molecule has 0 aromatic rings. The summed E-state index contributed by atoms with van der Waals surface area (Å²) < 4.78 is 28.6. The van der Waals surface area contributed by atoms with Gasteiger partial charge in [-0.25, -0.2) is 4.79 Å². The molecule has 0 bridgehead atoms. The fourth-order valence-corrected chi connectivity index (χ4v) is 9.80. The van der Waals surface area contributed by atoms with Crippen LogP contribution in [0.2, 0.25) is 0 Å². The van der Waals surface area contributed by atoms with E-state index in [9.17, 15) is 34.5 Å². The summed E-state index contributed by atoms with van der Waals surface area (Å²) in [4.78, 5) is 51.4. The third kappa shape index (κ3) is 47.8. The minimum absolute atomic E-state index is 0.0506. The molecule has 0 aromatic heterocycles. The molecular weight excluding hydrogens is 1040 g/mol. The lowest BCUT2D eigenvalue weighted by Crippen LogP contribution is -2.61. The Bertz CT molecular complexity index is 1760. The Morgan fingerprint density at radius 3 is 1.19 bits per heavy atom. The summed E-state index contributed by atoms with van der Waals surface area (Å²) >= 11 is 0. The Balaban J connectivity index is 2.67. The molecule has 12 nitrogen and oxygen atoms in total. The number of hydrogen-bond donors (Lipinski definition) is 3. The van der Waals surface area contributed by atoms with Crippen molar-refractivity contribution in [1.29, 1.82) is 0 Å². The molecule has 83 heavy (non-hydrogen) atoms. The number of carboxylic acid groups (broad SMARTS) is 1. The van der Waals surface area contributed by atoms with E-state index in [1.54, 1.807) is 0 Å². The summed E-state index contributed by atoms with van der Waals surface area (Å²) in [5.41, 5.74) is 0. The maximum Gasteiger partial charge on any atom is 0.335 e. The van der Waals surface area contributed by atoms with Gasteiger partial charge in [-0.15, -0.1) is 0 Å². The molecule has 1 fully saturated rings. The number of aliphatic hydroxyl groups excluding tert-OH is 2. The fourth-order valence-electron chi connectivity index (χ4n) is 9.80. The van der Waals surface area contributed by atoms with Crippen LogP contribution in [0.1, 0.15) is 290 Å². The van der Waals surface area contributed by atoms with Crippen LogP contribution in [-0.4, -0.2) is 89.2 Å². The van der Waals surface area contributed by atoms with Crippen LogP contribution in [0, 0.1) is 0 Å². The van der Waals surface area contributed by atoms with E-state index in [1.807, 2.05) is 0 Å². The van der Waals surface area contributed by atoms with Gasteiger partial charge in [0, 0.05) is 19.3 Å². The monoisotopic (exact) mass is 1160 g/mol. The van der Waals surface area contributed by atoms with Crippen LogP contribution in [-0.2, 0) is 42.9 Å². The van der Waals surface area contributed by atoms with Crippen LogP contribution in [0.25, 0.3) is 0 Å². The Kier molecular flexibility index (Phi) is 54.0. The van der Waals surface area contributed by atoms with Crippen LogP contribution in [0.5, 0.6) is 0 Å². The molecule has 1 saturated heterocycles. The minimum Gasteiger partial charge on any atom is -0.479 e. The van der Waals surface area contributed by atoms with E-state index in [2.05, 4.69) is 106 Å². The maximum atomic E-state index is 13.2. The summed E-state index contributed by atoms with van der Waals surface area (Å²) in [6.07, 6.45) is 63.9. The third-order valence-electron chi connectivity index (χ3n) is 14.9. The second-order valence-electron chi connectivity index (χ2n) is 22.7. The van der Waals surface area contributed by atoms with Crippen molar-refractivity contribution < 1.29 is 58.2 Å². The number of carbonyl (C=O) groups is 4. The number of aliphatic hydroxyl groups is 2. The highest BCUT2D eigenvalue weighted by atomic mass is 16.7. The van der Waals surface area contributed by atoms with Gasteiger partial charge in [0.05, 0.1) is 6.61 Å². The van der Waals surface area contributed by atoms with Crippen molar-refractivity contribution in [2.75, 3.05) is 13.2 Å². The number of carbonyl (C=O) groups excluding carboxylic acids is 3. The standard InChI is InChI=1S/C71H120O12/c1-4-7-10-13-16-19-22-25-28-31-32-35-38-41-44-47-50-53-56-59-65(74)82-69-67(76)66(75)68(70(77)78)83-71(69)80-61-62(81-64(73)58-55-52-49-46-43-40-37-34-30-27-24-21-18-15-12-9-6-3)60-79-63(72)57-54-51-48-45-42-39-36-33-29-26-23-20-17-14-11-8-5-2/h8,11,16-17,19-20,25-30,36,39,62,66-69,71,75-76H,4-7,9-10,12-15,18,21-24,31-35,37-38,40-61H2,1-3H3,(H,77,78)/b11-8-,19-16-,20-17-,28-25-,29-26-,30-27-,39-36-. The lowest BCUT2D eigenvalue weighted by molar-refractivity contribution is -0.301. The molecule has 0 amide bonds. The van der Waals surface area contributed by atoms with E-state index in [-0.39, 0.29) is 25.9 Å². The highest BCUT2D eigenvalue weighted by Gasteiger charge is 2.50. The first-order valence-electron chi connectivity index (χ1n) is 33.6. The lowest BCUT2D eigenvalue weighted by atomic mass is 9.98. The zero-order valence-electron chi connectivity index (χ0n) is 52.7. The first-order valence-corrected chi connectivity index (χ1v) is 33.6. The molecule has 1 rings (SSSR count). The number of esters is 3. The Hall–Kier alpha value is -4.10. The number of aliphatic carboxylic acids is 1. The van der Waals surface area contributed by atoms with Crippen LogP contribution < -0.4 is 0 Å². The molecule has 6 atom stereocenters. The van der Waals surface area contributed by atoms with Gasteiger partial charge in [-0.05, 0) is 116 Å². The predicted octanol–water partition coefficient (Wildman–Crippen LogP) is 18.2. The highest BCUT2D eigenvalue weighted by Crippen LogP contribution is 2.27. The molecule has 0 spiro atoms. The van der Waals surface area contributed by atoms with E-state index < -0.39 is 67.3 Å². The molecule has 0 radical (unpaired) electrons. The van der Waals surface area contributed by atoms with Gasteiger partial charge in [0.1, 0.15) is 18.8 Å². The molecular formula is C71H120O12. The summed E-state index contributed by atoms with van der Waals surface area (Å²) in [6.45, 7) is 5.86. The number of hydrogen-bond acceptors (Lipinski definition) is 11. The first-order chi connectivity index (χ1) is 40.6. The summed E-state index contributed by atoms with van der Waals surface area (Å²) in [6, 6.07) is 0. The smallest absolute Gasteiger partial charge is 0.335 e. The van der Waals surface area contributed by atoms with Crippen molar-refractivity contribution in [3.05, 3.63) is 85.1 Å². The maximum absolute atomic E-state index is 13.2. The van der Waals surface area contributed by atoms with Gasteiger partial charge >= 0.3 is 23.9 Å². The fraction of sp³-hybridized carbons (Fsp3) is 0.746. The molecule has 476 valence electrons. The quantitative estimate of drug-likeness (QED) is 0.0228. The molecule has 0 aliphatic carbocycles. The largest absolute Gasteiger partial charge is 0.479 e. The van der Waals surface area contributed by atoms with Crippen LogP contribution >= 0.6 is 0 Å².